The molecule has 6 heteroatoms. The van der Waals surface area contributed by atoms with Gasteiger partial charge in [-0.25, -0.2) is 0 Å². The van der Waals surface area contributed by atoms with Gasteiger partial charge in [-0.2, -0.15) is 0 Å². The van der Waals surface area contributed by atoms with Gasteiger partial charge in [0.15, 0.2) is 12.1 Å². The van der Waals surface area contributed by atoms with Gasteiger partial charge in [-0.3, -0.25) is 0 Å². The number of benzene rings is 1. The van der Waals surface area contributed by atoms with Crippen molar-refractivity contribution in [1.29, 1.82) is 0 Å². The molecule has 2 aliphatic heterocycles. The smallest absolute Gasteiger partial charge is 0.186 e. The van der Waals surface area contributed by atoms with Gasteiger partial charge in [0.25, 0.3) is 0 Å². The van der Waals surface area contributed by atoms with Crippen LogP contribution in [0, 0.1) is 0 Å². The SMILES string of the molecule is C=CCO[C@@H]1[C@H](OCc2ccccc2)[C@H](OCCCCCCCC)O[C@@H]2COC(C)(C)O[C@@H]12. The summed E-state index contributed by atoms with van der Waals surface area (Å²) in [5, 5.41) is 0. The van der Waals surface area contributed by atoms with Crippen LogP contribution in [0.25, 0.3) is 0 Å². The lowest BCUT2D eigenvalue weighted by molar-refractivity contribution is -0.389. The van der Waals surface area contributed by atoms with Crippen molar-refractivity contribution in [3.63, 3.8) is 0 Å². The van der Waals surface area contributed by atoms with Gasteiger partial charge in [-0.05, 0) is 25.8 Å². The summed E-state index contributed by atoms with van der Waals surface area (Å²) >= 11 is 0. The Morgan fingerprint density at radius 1 is 1.00 bits per heavy atom. The van der Waals surface area contributed by atoms with Crippen molar-refractivity contribution in [2.75, 3.05) is 19.8 Å². The molecule has 5 atom stereocenters. The Morgan fingerprint density at radius 2 is 1.76 bits per heavy atom. The van der Waals surface area contributed by atoms with E-state index < -0.39 is 18.2 Å². The highest BCUT2D eigenvalue weighted by atomic mass is 16.8. The maximum atomic E-state index is 6.39. The number of unbranched alkanes of at least 4 members (excludes halogenated alkanes) is 5. The van der Waals surface area contributed by atoms with Crippen LogP contribution in [0.3, 0.4) is 0 Å². The Morgan fingerprint density at radius 3 is 2.52 bits per heavy atom. The molecule has 0 saturated carbocycles. The Balaban J connectivity index is 1.68. The first kappa shape index (κ1) is 26.3. The van der Waals surface area contributed by atoms with Crippen LogP contribution < -0.4 is 0 Å². The summed E-state index contributed by atoms with van der Waals surface area (Å²) in [6, 6.07) is 10.1. The van der Waals surface area contributed by atoms with Crippen molar-refractivity contribution in [3.8, 4) is 0 Å². The molecule has 33 heavy (non-hydrogen) atoms. The molecule has 6 nitrogen and oxygen atoms in total. The molecule has 2 fully saturated rings. The lowest BCUT2D eigenvalue weighted by Gasteiger charge is -2.50. The lowest BCUT2D eigenvalue weighted by atomic mass is 9.96. The molecule has 0 spiro atoms. The third kappa shape index (κ3) is 8.16. The van der Waals surface area contributed by atoms with Crippen LogP contribution in [-0.4, -0.2) is 56.3 Å². The third-order valence-corrected chi connectivity index (χ3v) is 6.08. The maximum absolute atomic E-state index is 6.39. The van der Waals surface area contributed by atoms with E-state index in [0.29, 0.717) is 26.4 Å². The minimum absolute atomic E-state index is 0.279. The zero-order valence-corrected chi connectivity index (χ0v) is 20.6. The summed E-state index contributed by atoms with van der Waals surface area (Å²) in [6.45, 7) is 11.8. The van der Waals surface area contributed by atoms with Crippen molar-refractivity contribution >= 4 is 0 Å². The van der Waals surface area contributed by atoms with Crippen LogP contribution in [0.4, 0.5) is 0 Å². The molecule has 0 aromatic heterocycles. The van der Waals surface area contributed by atoms with Crippen LogP contribution in [0.15, 0.2) is 43.0 Å². The Labute approximate surface area is 199 Å². The molecule has 0 amide bonds. The Bertz CT molecular complexity index is 678. The number of fused-ring (bicyclic) bond motifs is 1. The fraction of sp³-hybridized carbons (Fsp3) is 0.704. The monoisotopic (exact) mass is 462 g/mol. The predicted molar refractivity (Wildman–Crippen MR) is 128 cm³/mol. The van der Waals surface area contributed by atoms with E-state index in [1.54, 1.807) is 6.08 Å². The minimum Gasteiger partial charge on any atom is -0.368 e. The van der Waals surface area contributed by atoms with Crippen LogP contribution in [0.2, 0.25) is 0 Å². The zero-order valence-electron chi connectivity index (χ0n) is 20.6. The van der Waals surface area contributed by atoms with Gasteiger partial charge in [-0.1, -0.05) is 75.4 Å². The van der Waals surface area contributed by atoms with Gasteiger partial charge >= 0.3 is 0 Å². The van der Waals surface area contributed by atoms with E-state index in [1.807, 2.05) is 44.2 Å². The molecule has 2 heterocycles. The second-order valence-corrected chi connectivity index (χ2v) is 9.32. The summed E-state index contributed by atoms with van der Waals surface area (Å²) in [5.41, 5.74) is 1.09. The van der Waals surface area contributed by atoms with Gasteiger partial charge in [0.1, 0.15) is 24.4 Å². The van der Waals surface area contributed by atoms with Crippen LogP contribution >= 0.6 is 0 Å². The highest BCUT2D eigenvalue weighted by Crippen LogP contribution is 2.35. The number of ether oxygens (including phenoxy) is 6. The van der Waals surface area contributed by atoms with Gasteiger partial charge < -0.3 is 28.4 Å². The molecule has 2 aliphatic rings. The van der Waals surface area contributed by atoms with Crippen molar-refractivity contribution < 1.29 is 28.4 Å². The van der Waals surface area contributed by atoms with Crippen molar-refractivity contribution in [1.82, 2.24) is 0 Å². The standard InChI is InChI=1S/C27H42O6/c1-5-7-8-9-10-14-18-29-26-25(30-19-21-15-12-11-13-16-21)24(28-17-6-2)23-22(32-26)20-31-27(3,4)33-23/h6,11-13,15-16,22-26H,2,5,7-10,14,17-20H2,1,3-4H3/t22-,23-,24+,25+,26-/m1/s1. The van der Waals surface area contributed by atoms with Crippen LogP contribution in [0.1, 0.15) is 64.9 Å². The molecule has 1 aromatic rings. The molecule has 0 N–H and O–H groups in total. The molecule has 0 aliphatic carbocycles. The van der Waals surface area contributed by atoms with E-state index in [-0.39, 0.29) is 18.3 Å². The summed E-state index contributed by atoms with van der Waals surface area (Å²) in [7, 11) is 0. The third-order valence-electron chi connectivity index (χ3n) is 6.08. The molecule has 186 valence electrons. The summed E-state index contributed by atoms with van der Waals surface area (Å²) in [6.07, 6.45) is 7.04. The fourth-order valence-corrected chi connectivity index (χ4v) is 4.33. The average molecular weight is 463 g/mol. The zero-order chi connectivity index (χ0) is 23.5. The molecular weight excluding hydrogens is 420 g/mol. The van der Waals surface area contributed by atoms with E-state index in [1.165, 1.54) is 25.7 Å². The van der Waals surface area contributed by atoms with Crippen molar-refractivity contribution in [2.45, 2.75) is 102 Å². The van der Waals surface area contributed by atoms with Gasteiger partial charge in [0, 0.05) is 6.61 Å². The second-order valence-electron chi connectivity index (χ2n) is 9.32. The molecular formula is C27H42O6. The van der Waals surface area contributed by atoms with E-state index in [0.717, 1.165) is 18.4 Å². The predicted octanol–water partition coefficient (Wildman–Crippen LogP) is 5.40. The topological polar surface area (TPSA) is 55.4 Å². The lowest BCUT2D eigenvalue weighted by Crippen LogP contribution is -2.66. The quantitative estimate of drug-likeness (QED) is 0.273. The fourth-order valence-electron chi connectivity index (χ4n) is 4.33. The molecule has 2 saturated heterocycles. The number of rotatable bonds is 14. The second kappa shape index (κ2) is 13.6. The Kier molecular flexibility index (Phi) is 10.8. The van der Waals surface area contributed by atoms with E-state index in [4.69, 9.17) is 28.4 Å². The molecule has 0 unspecified atom stereocenters. The Hall–Kier alpha value is -1.28. The van der Waals surface area contributed by atoms with Crippen molar-refractivity contribution in [2.24, 2.45) is 0 Å². The van der Waals surface area contributed by atoms with Gasteiger partial charge in [0.2, 0.25) is 0 Å². The maximum Gasteiger partial charge on any atom is 0.186 e. The first-order valence-corrected chi connectivity index (χ1v) is 12.5. The summed E-state index contributed by atoms with van der Waals surface area (Å²) < 4.78 is 37.3. The van der Waals surface area contributed by atoms with Crippen LogP contribution in [0.5, 0.6) is 0 Å². The summed E-state index contributed by atoms with van der Waals surface area (Å²) in [5.74, 6) is -0.712. The van der Waals surface area contributed by atoms with E-state index in [2.05, 4.69) is 13.5 Å². The normalized spacial score (nSPS) is 28.9. The van der Waals surface area contributed by atoms with E-state index >= 15 is 0 Å². The van der Waals surface area contributed by atoms with E-state index in [9.17, 15) is 0 Å². The van der Waals surface area contributed by atoms with Crippen LogP contribution in [-0.2, 0) is 35.0 Å². The van der Waals surface area contributed by atoms with Crippen molar-refractivity contribution in [3.05, 3.63) is 48.6 Å². The van der Waals surface area contributed by atoms with Gasteiger partial charge in [-0.15, -0.1) is 6.58 Å². The molecule has 3 rings (SSSR count). The number of hydrogen-bond donors (Lipinski definition) is 0. The highest BCUT2D eigenvalue weighted by Gasteiger charge is 2.52. The molecule has 1 aromatic carbocycles. The highest BCUT2D eigenvalue weighted by molar-refractivity contribution is 5.13. The number of hydrogen-bond acceptors (Lipinski definition) is 6. The summed E-state index contributed by atoms with van der Waals surface area (Å²) in [4.78, 5) is 0. The van der Waals surface area contributed by atoms with Gasteiger partial charge in [0.05, 0.1) is 19.8 Å². The molecule has 0 radical (unpaired) electrons. The average Bonchev–Trinajstić information content (AvgIpc) is 2.81. The molecule has 0 bridgehead atoms. The first-order valence-electron chi connectivity index (χ1n) is 12.5. The first-order chi connectivity index (χ1) is 16.0. The minimum atomic E-state index is -0.712. The largest absolute Gasteiger partial charge is 0.368 e.